The second-order valence-corrected chi connectivity index (χ2v) is 7.44. The molecule has 0 unspecified atom stereocenters. The minimum atomic E-state index is 0.146. The molecule has 0 radical (unpaired) electrons. The van der Waals surface area contributed by atoms with Crippen LogP contribution in [0.5, 0.6) is 0 Å². The first-order valence-electron chi connectivity index (χ1n) is 8.37. The predicted octanol–water partition coefficient (Wildman–Crippen LogP) is 3.67. The lowest BCUT2D eigenvalue weighted by atomic mass is 10.1. The summed E-state index contributed by atoms with van der Waals surface area (Å²) < 4.78 is 0. The molecule has 4 rings (SSSR count). The minimum Gasteiger partial charge on any atom is -0.314 e. The molecule has 0 fully saturated rings. The number of rotatable bonds is 5. The average Bonchev–Trinajstić information content (AvgIpc) is 3.24. The molecule has 0 atom stereocenters. The van der Waals surface area contributed by atoms with E-state index in [9.17, 15) is 9.59 Å². The van der Waals surface area contributed by atoms with Gasteiger partial charge in [-0.2, -0.15) is 0 Å². The Kier molecular flexibility index (Phi) is 4.15. The quantitative estimate of drug-likeness (QED) is 0.475. The number of aryl methyl sites for hydroxylation is 2. The normalized spacial score (nSPS) is 15.2. The van der Waals surface area contributed by atoms with Gasteiger partial charge >= 0.3 is 0 Å². The number of carbonyl (C=O) groups excluding carboxylic acids is 2. The Hall–Kier alpha value is -2.07. The van der Waals surface area contributed by atoms with Crippen LogP contribution < -0.4 is 4.90 Å². The van der Waals surface area contributed by atoms with E-state index in [2.05, 4.69) is 18.2 Å². The monoisotopic (exact) mass is 337 g/mol. The van der Waals surface area contributed by atoms with Gasteiger partial charge in [-0.25, -0.2) is 0 Å². The fourth-order valence-electron chi connectivity index (χ4n) is 3.58. The van der Waals surface area contributed by atoms with Crippen LogP contribution in [0.25, 0.3) is 0 Å². The van der Waals surface area contributed by atoms with E-state index in [1.807, 2.05) is 18.2 Å². The maximum atomic E-state index is 12.5. The Morgan fingerprint density at radius 2 is 1.92 bits per heavy atom. The number of nitrogens with zero attached hydrogens (tertiary/aromatic N) is 1. The minimum absolute atomic E-state index is 0.146. The molecular formula is C20H19NO2S. The molecule has 0 saturated carbocycles. The van der Waals surface area contributed by atoms with Crippen molar-refractivity contribution in [3.8, 4) is 0 Å². The van der Waals surface area contributed by atoms with Crippen molar-refractivity contribution >= 4 is 29.6 Å². The summed E-state index contributed by atoms with van der Waals surface area (Å²) in [5.74, 6) is 0.600. The summed E-state index contributed by atoms with van der Waals surface area (Å²) in [6.07, 6.45) is 5.28. The molecule has 0 N–H and O–H groups in total. The lowest BCUT2D eigenvalue weighted by molar-refractivity contribution is -0.107. The Morgan fingerprint density at radius 3 is 2.79 bits per heavy atom. The maximum absolute atomic E-state index is 12.5. The largest absolute Gasteiger partial charge is 0.314 e. The number of ketones is 1. The molecule has 4 heteroatoms. The SMILES string of the molecule is O=CN1CCc2cc(C(=O)CSc3ccc4c(c3)CCC4)ccc21. The van der Waals surface area contributed by atoms with E-state index in [1.54, 1.807) is 16.7 Å². The van der Waals surface area contributed by atoms with E-state index in [0.29, 0.717) is 12.3 Å². The molecule has 3 nitrogen and oxygen atoms in total. The van der Waals surface area contributed by atoms with Crippen molar-refractivity contribution in [2.75, 3.05) is 17.2 Å². The number of thioether (sulfide) groups is 1. The van der Waals surface area contributed by atoms with E-state index in [0.717, 1.165) is 36.1 Å². The van der Waals surface area contributed by atoms with Crippen LogP contribution in [-0.4, -0.2) is 24.5 Å². The number of hydrogen-bond donors (Lipinski definition) is 0. The first kappa shape index (κ1) is 15.5. The Balaban J connectivity index is 1.44. The Bertz CT molecular complexity index is 815. The molecule has 1 aliphatic heterocycles. The molecule has 0 aromatic heterocycles. The molecule has 0 bridgehead atoms. The molecule has 0 spiro atoms. The van der Waals surface area contributed by atoms with E-state index in [4.69, 9.17) is 0 Å². The number of fused-ring (bicyclic) bond motifs is 2. The highest BCUT2D eigenvalue weighted by molar-refractivity contribution is 8.00. The van der Waals surface area contributed by atoms with Gasteiger partial charge in [0.25, 0.3) is 0 Å². The van der Waals surface area contributed by atoms with Crippen molar-refractivity contribution in [3.05, 3.63) is 58.7 Å². The summed E-state index contributed by atoms with van der Waals surface area (Å²) in [6.45, 7) is 0.709. The zero-order chi connectivity index (χ0) is 16.5. The number of Topliss-reactive ketones (excluding diaryl/α,β-unsaturated/α-hetero) is 1. The van der Waals surface area contributed by atoms with Crippen LogP contribution in [0, 0.1) is 0 Å². The van der Waals surface area contributed by atoms with Gasteiger partial charge in [0.2, 0.25) is 6.41 Å². The van der Waals surface area contributed by atoms with Crippen molar-refractivity contribution < 1.29 is 9.59 Å². The highest BCUT2D eigenvalue weighted by Gasteiger charge is 2.20. The molecule has 2 aromatic rings. The predicted molar refractivity (Wildman–Crippen MR) is 97.1 cm³/mol. The maximum Gasteiger partial charge on any atom is 0.214 e. The third-order valence-electron chi connectivity index (χ3n) is 4.90. The number of benzene rings is 2. The van der Waals surface area contributed by atoms with Crippen LogP contribution in [0.2, 0.25) is 0 Å². The van der Waals surface area contributed by atoms with E-state index >= 15 is 0 Å². The van der Waals surface area contributed by atoms with Crippen molar-refractivity contribution in [1.29, 1.82) is 0 Å². The van der Waals surface area contributed by atoms with Crippen LogP contribution in [0.4, 0.5) is 5.69 Å². The molecule has 122 valence electrons. The Morgan fingerprint density at radius 1 is 1.04 bits per heavy atom. The summed E-state index contributed by atoms with van der Waals surface area (Å²) >= 11 is 1.61. The van der Waals surface area contributed by atoms with Crippen LogP contribution in [-0.2, 0) is 24.1 Å². The lowest BCUT2D eigenvalue weighted by Gasteiger charge is -2.10. The first-order valence-corrected chi connectivity index (χ1v) is 9.36. The van der Waals surface area contributed by atoms with E-state index in [-0.39, 0.29) is 5.78 Å². The number of amides is 1. The first-order chi connectivity index (χ1) is 11.7. The second-order valence-electron chi connectivity index (χ2n) is 6.39. The topological polar surface area (TPSA) is 37.4 Å². The van der Waals surface area contributed by atoms with Gasteiger partial charge in [0.05, 0.1) is 5.75 Å². The molecule has 1 heterocycles. The third kappa shape index (κ3) is 2.86. The van der Waals surface area contributed by atoms with Gasteiger partial charge in [-0.15, -0.1) is 11.8 Å². The summed E-state index contributed by atoms with van der Waals surface area (Å²) in [5, 5.41) is 0. The molecule has 1 aliphatic carbocycles. The average molecular weight is 337 g/mol. The number of anilines is 1. The summed E-state index contributed by atoms with van der Waals surface area (Å²) in [6, 6.07) is 12.3. The zero-order valence-corrected chi connectivity index (χ0v) is 14.3. The van der Waals surface area contributed by atoms with Gasteiger partial charge < -0.3 is 4.90 Å². The summed E-state index contributed by atoms with van der Waals surface area (Å²) in [7, 11) is 0. The molecule has 0 saturated heterocycles. The fraction of sp³-hybridized carbons (Fsp3) is 0.300. The van der Waals surface area contributed by atoms with Gasteiger partial charge in [-0.1, -0.05) is 6.07 Å². The van der Waals surface area contributed by atoms with Crippen LogP contribution >= 0.6 is 11.8 Å². The molecule has 2 aromatic carbocycles. The van der Waals surface area contributed by atoms with Gasteiger partial charge in [0.15, 0.2) is 5.78 Å². The molecule has 24 heavy (non-hydrogen) atoms. The lowest BCUT2D eigenvalue weighted by Crippen LogP contribution is -2.17. The molecular weight excluding hydrogens is 318 g/mol. The van der Waals surface area contributed by atoms with Gasteiger partial charge in [0, 0.05) is 22.7 Å². The fourth-order valence-corrected chi connectivity index (χ4v) is 4.43. The number of carbonyl (C=O) groups is 2. The standard InChI is InChI=1S/C20H19NO2S/c22-13-21-9-8-16-10-17(5-7-19(16)21)20(23)12-24-18-6-4-14-2-1-3-15(14)11-18/h4-7,10-11,13H,1-3,8-9,12H2. The third-order valence-corrected chi connectivity index (χ3v) is 5.89. The highest BCUT2D eigenvalue weighted by atomic mass is 32.2. The van der Waals surface area contributed by atoms with E-state index in [1.165, 1.54) is 28.9 Å². The smallest absolute Gasteiger partial charge is 0.214 e. The van der Waals surface area contributed by atoms with Gasteiger partial charge in [0.1, 0.15) is 0 Å². The Labute approximate surface area is 146 Å². The van der Waals surface area contributed by atoms with Crippen molar-refractivity contribution in [1.82, 2.24) is 0 Å². The molecule has 1 amide bonds. The summed E-state index contributed by atoms with van der Waals surface area (Å²) in [5.41, 5.74) is 5.68. The second kappa shape index (κ2) is 6.44. The van der Waals surface area contributed by atoms with Crippen molar-refractivity contribution in [2.45, 2.75) is 30.6 Å². The molecule has 2 aliphatic rings. The van der Waals surface area contributed by atoms with Crippen LogP contribution in [0.1, 0.15) is 33.5 Å². The number of hydrogen-bond acceptors (Lipinski definition) is 3. The van der Waals surface area contributed by atoms with Gasteiger partial charge in [-0.3, -0.25) is 9.59 Å². The van der Waals surface area contributed by atoms with Crippen molar-refractivity contribution in [3.63, 3.8) is 0 Å². The summed E-state index contributed by atoms with van der Waals surface area (Å²) in [4.78, 5) is 26.4. The van der Waals surface area contributed by atoms with Crippen LogP contribution in [0.15, 0.2) is 41.3 Å². The van der Waals surface area contributed by atoms with Gasteiger partial charge in [-0.05, 0) is 72.7 Å². The van der Waals surface area contributed by atoms with Crippen molar-refractivity contribution in [2.24, 2.45) is 0 Å². The highest BCUT2D eigenvalue weighted by Crippen LogP contribution is 2.30. The van der Waals surface area contributed by atoms with Crippen LogP contribution in [0.3, 0.4) is 0 Å². The zero-order valence-electron chi connectivity index (χ0n) is 13.5. The van der Waals surface area contributed by atoms with E-state index < -0.39 is 0 Å².